The summed E-state index contributed by atoms with van der Waals surface area (Å²) < 4.78 is 0. The molecule has 0 rings (SSSR count). The molecule has 94 valence electrons. The normalized spacial score (nSPS) is 12.7. The molecule has 0 fully saturated rings. The highest BCUT2D eigenvalue weighted by atomic mass is 16.4. The second-order valence-electron chi connectivity index (χ2n) is 3.80. The Balaban J connectivity index is 4.08. The number of carbonyl (C=O) groups excluding carboxylic acids is 1. The lowest BCUT2D eigenvalue weighted by molar-refractivity contribution is -0.143. The van der Waals surface area contributed by atoms with Gasteiger partial charge in [0.05, 0.1) is 0 Å². The van der Waals surface area contributed by atoms with Crippen molar-refractivity contribution in [1.29, 1.82) is 0 Å². The molecule has 1 unspecified atom stereocenters. The molecule has 0 heterocycles. The highest BCUT2D eigenvalue weighted by Crippen LogP contribution is 2.06. The summed E-state index contributed by atoms with van der Waals surface area (Å²) in [7, 11) is 0. The van der Waals surface area contributed by atoms with Crippen molar-refractivity contribution in [3.05, 3.63) is 0 Å². The standard InChI is InChI=1S/C10H21N3O3/c1-2-3-4-7-13(12)8(10(15)16)5-6-9(11)14/h8H,2-7,12H2,1H3,(H2,11,14)(H,15,16). The van der Waals surface area contributed by atoms with Gasteiger partial charge >= 0.3 is 5.97 Å². The van der Waals surface area contributed by atoms with Crippen LogP contribution in [0, 0.1) is 0 Å². The predicted molar refractivity (Wildman–Crippen MR) is 60.3 cm³/mol. The zero-order valence-electron chi connectivity index (χ0n) is 9.69. The number of nitrogens with zero attached hydrogens (tertiary/aromatic N) is 1. The second kappa shape index (κ2) is 8.06. The van der Waals surface area contributed by atoms with Gasteiger partial charge in [-0.05, 0) is 12.8 Å². The van der Waals surface area contributed by atoms with Crippen molar-refractivity contribution in [2.45, 2.75) is 45.1 Å². The van der Waals surface area contributed by atoms with Crippen LogP contribution >= 0.6 is 0 Å². The van der Waals surface area contributed by atoms with Crippen LogP contribution in [-0.4, -0.2) is 34.6 Å². The summed E-state index contributed by atoms with van der Waals surface area (Å²) in [6.07, 6.45) is 3.11. The fourth-order valence-electron chi connectivity index (χ4n) is 1.41. The zero-order valence-corrected chi connectivity index (χ0v) is 9.69. The van der Waals surface area contributed by atoms with E-state index in [1.807, 2.05) is 0 Å². The summed E-state index contributed by atoms with van der Waals surface area (Å²) in [6.45, 7) is 2.58. The van der Waals surface area contributed by atoms with E-state index < -0.39 is 17.9 Å². The van der Waals surface area contributed by atoms with Crippen LogP contribution in [0.4, 0.5) is 0 Å². The molecule has 6 heteroatoms. The number of rotatable bonds is 9. The zero-order chi connectivity index (χ0) is 12.6. The molecule has 0 aliphatic heterocycles. The smallest absolute Gasteiger partial charge is 0.322 e. The number of amides is 1. The minimum atomic E-state index is -1.01. The second-order valence-corrected chi connectivity index (χ2v) is 3.80. The van der Waals surface area contributed by atoms with E-state index in [0.29, 0.717) is 6.54 Å². The Labute approximate surface area is 95.6 Å². The lowest BCUT2D eigenvalue weighted by atomic mass is 10.1. The largest absolute Gasteiger partial charge is 0.480 e. The fraction of sp³-hybridized carbons (Fsp3) is 0.800. The molecule has 1 atom stereocenters. The van der Waals surface area contributed by atoms with Crippen molar-refractivity contribution in [3.8, 4) is 0 Å². The molecule has 0 spiro atoms. The number of aliphatic carboxylic acids is 1. The van der Waals surface area contributed by atoms with Crippen molar-refractivity contribution < 1.29 is 14.7 Å². The topological polar surface area (TPSA) is 110 Å². The number of nitrogens with two attached hydrogens (primary N) is 2. The van der Waals surface area contributed by atoms with Gasteiger partial charge < -0.3 is 10.8 Å². The highest BCUT2D eigenvalue weighted by Gasteiger charge is 2.23. The van der Waals surface area contributed by atoms with Crippen molar-refractivity contribution in [3.63, 3.8) is 0 Å². The molecule has 0 radical (unpaired) electrons. The van der Waals surface area contributed by atoms with E-state index in [-0.39, 0.29) is 12.8 Å². The third-order valence-corrected chi connectivity index (χ3v) is 2.37. The molecule has 0 aromatic heterocycles. The first-order valence-corrected chi connectivity index (χ1v) is 5.51. The molecular formula is C10H21N3O3. The first-order valence-electron chi connectivity index (χ1n) is 5.51. The third-order valence-electron chi connectivity index (χ3n) is 2.37. The molecule has 6 nitrogen and oxygen atoms in total. The number of hydrazine groups is 1. The first kappa shape index (κ1) is 14.9. The SMILES string of the molecule is CCCCCN(N)C(CCC(N)=O)C(=O)O. The minimum absolute atomic E-state index is 0.0401. The Kier molecular flexibility index (Phi) is 7.49. The molecule has 0 saturated carbocycles. The van der Waals surface area contributed by atoms with Crippen molar-refractivity contribution in [2.24, 2.45) is 11.6 Å². The Bertz CT molecular complexity index is 233. The number of carboxylic acids is 1. The van der Waals surface area contributed by atoms with Gasteiger partial charge in [0, 0.05) is 13.0 Å². The number of primary amides is 1. The van der Waals surface area contributed by atoms with Crippen LogP contribution < -0.4 is 11.6 Å². The van der Waals surface area contributed by atoms with Gasteiger partial charge in [-0.25, -0.2) is 5.01 Å². The fourth-order valence-corrected chi connectivity index (χ4v) is 1.41. The maximum atomic E-state index is 10.9. The Morgan fingerprint density at radius 2 is 2.00 bits per heavy atom. The maximum absolute atomic E-state index is 10.9. The van der Waals surface area contributed by atoms with Crippen LogP contribution in [0.3, 0.4) is 0 Å². The summed E-state index contributed by atoms with van der Waals surface area (Å²) >= 11 is 0. The summed E-state index contributed by atoms with van der Waals surface area (Å²) in [5.41, 5.74) is 4.97. The number of carboxylic acid groups (broad SMARTS) is 1. The quantitative estimate of drug-likeness (QED) is 0.295. The summed E-state index contributed by atoms with van der Waals surface area (Å²) in [6, 6.07) is -0.829. The van der Waals surface area contributed by atoms with Crippen LogP contribution in [0.25, 0.3) is 0 Å². The molecule has 0 aromatic carbocycles. The number of carbonyl (C=O) groups is 2. The molecule has 0 bridgehead atoms. The van der Waals surface area contributed by atoms with Gasteiger partial charge in [-0.3, -0.25) is 15.4 Å². The van der Waals surface area contributed by atoms with E-state index in [4.69, 9.17) is 16.7 Å². The van der Waals surface area contributed by atoms with Gasteiger partial charge in [-0.2, -0.15) is 0 Å². The lowest BCUT2D eigenvalue weighted by Gasteiger charge is -2.23. The van der Waals surface area contributed by atoms with E-state index in [9.17, 15) is 9.59 Å². The van der Waals surface area contributed by atoms with Crippen LogP contribution in [0.2, 0.25) is 0 Å². The van der Waals surface area contributed by atoms with E-state index in [0.717, 1.165) is 19.3 Å². The maximum Gasteiger partial charge on any atom is 0.322 e. The van der Waals surface area contributed by atoms with Crippen LogP contribution in [-0.2, 0) is 9.59 Å². The Morgan fingerprint density at radius 1 is 1.38 bits per heavy atom. The predicted octanol–water partition coefficient (Wildman–Crippen LogP) is 0.0710. The molecule has 0 aromatic rings. The summed E-state index contributed by atoms with van der Waals surface area (Å²) in [5, 5.41) is 10.2. The number of hydrogen-bond acceptors (Lipinski definition) is 4. The van der Waals surface area contributed by atoms with E-state index >= 15 is 0 Å². The van der Waals surface area contributed by atoms with Gasteiger partial charge in [0.1, 0.15) is 6.04 Å². The molecule has 16 heavy (non-hydrogen) atoms. The Morgan fingerprint density at radius 3 is 2.44 bits per heavy atom. The first-order chi connectivity index (χ1) is 7.49. The van der Waals surface area contributed by atoms with Gasteiger partial charge in [0.15, 0.2) is 0 Å². The molecular weight excluding hydrogens is 210 g/mol. The van der Waals surface area contributed by atoms with E-state index in [1.165, 1.54) is 5.01 Å². The van der Waals surface area contributed by atoms with Crippen LogP contribution in [0.1, 0.15) is 39.0 Å². The molecule has 0 aliphatic rings. The molecule has 5 N–H and O–H groups in total. The van der Waals surface area contributed by atoms with Gasteiger partial charge in [-0.1, -0.05) is 19.8 Å². The van der Waals surface area contributed by atoms with Crippen molar-refractivity contribution in [1.82, 2.24) is 5.01 Å². The van der Waals surface area contributed by atoms with Crippen molar-refractivity contribution >= 4 is 11.9 Å². The third kappa shape index (κ3) is 6.36. The molecule has 1 amide bonds. The lowest BCUT2D eigenvalue weighted by Crippen LogP contribution is -2.46. The van der Waals surface area contributed by atoms with Crippen LogP contribution in [0.5, 0.6) is 0 Å². The molecule has 0 aliphatic carbocycles. The highest BCUT2D eigenvalue weighted by molar-refractivity contribution is 5.77. The van der Waals surface area contributed by atoms with Gasteiger partial charge in [0.2, 0.25) is 5.91 Å². The van der Waals surface area contributed by atoms with Gasteiger partial charge in [-0.15, -0.1) is 0 Å². The van der Waals surface area contributed by atoms with Crippen molar-refractivity contribution in [2.75, 3.05) is 6.54 Å². The summed E-state index contributed by atoms with van der Waals surface area (Å²) in [4.78, 5) is 21.5. The van der Waals surface area contributed by atoms with Crippen LogP contribution in [0.15, 0.2) is 0 Å². The van der Waals surface area contributed by atoms with Gasteiger partial charge in [0.25, 0.3) is 0 Å². The Hall–Kier alpha value is -1.14. The monoisotopic (exact) mass is 231 g/mol. The number of hydrogen-bond donors (Lipinski definition) is 3. The number of unbranched alkanes of at least 4 members (excludes halogenated alkanes) is 2. The molecule has 0 saturated heterocycles. The van der Waals surface area contributed by atoms with E-state index in [1.54, 1.807) is 0 Å². The average molecular weight is 231 g/mol. The van der Waals surface area contributed by atoms with E-state index in [2.05, 4.69) is 6.92 Å². The minimum Gasteiger partial charge on any atom is -0.480 e. The average Bonchev–Trinajstić information content (AvgIpc) is 2.17. The summed E-state index contributed by atoms with van der Waals surface area (Å²) in [5.74, 6) is 4.13.